The van der Waals surface area contributed by atoms with Crippen LogP contribution in [0.25, 0.3) is 66.1 Å². The largest absolute Gasteiger partial charge is 0.207 e. The summed E-state index contributed by atoms with van der Waals surface area (Å²) in [6, 6.07) is 36.2. The smallest absolute Gasteiger partial charge is 0.123 e. The van der Waals surface area contributed by atoms with Gasteiger partial charge >= 0.3 is 0 Å². The average Bonchev–Trinajstić information content (AvgIpc) is 3.28. The van der Waals surface area contributed by atoms with Crippen LogP contribution >= 0.6 is 0 Å². The number of halogens is 1. The summed E-state index contributed by atoms with van der Waals surface area (Å²) in [7, 11) is 0. The van der Waals surface area contributed by atoms with Crippen LogP contribution in [0.5, 0.6) is 0 Å². The number of hydrogen-bond donors (Lipinski definition) is 0. The molecule has 7 rings (SSSR count). The van der Waals surface area contributed by atoms with Gasteiger partial charge in [-0.1, -0.05) is 104 Å². The van der Waals surface area contributed by atoms with E-state index in [1.165, 1.54) is 84.5 Å². The first kappa shape index (κ1) is 22.9. The van der Waals surface area contributed by atoms with Crippen molar-refractivity contribution in [3.8, 4) is 44.5 Å². The molecular formula is C37H29F. The maximum Gasteiger partial charge on any atom is 0.123 e. The molecular weight excluding hydrogens is 463 g/mol. The third-order valence-corrected chi connectivity index (χ3v) is 8.21. The third-order valence-electron chi connectivity index (χ3n) is 8.21. The molecule has 0 N–H and O–H groups in total. The summed E-state index contributed by atoms with van der Waals surface area (Å²) < 4.78 is 14.0. The second-order valence-electron chi connectivity index (χ2n) is 10.5. The highest BCUT2D eigenvalue weighted by Gasteiger charge is 2.30. The lowest BCUT2D eigenvalue weighted by molar-refractivity contribution is 0.628. The summed E-state index contributed by atoms with van der Waals surface area (Å²) >= 11 is 0. The zero-order valence-corrected chi connectivity index (χ0v) is 21.8. The number of fused-ring (bicyclic) bond motifs is 4. The van der Waals surface area contributed by atoms with E-state index in [-0.39, 0.29) is 5.82 Å². The van der Waals surface area contributed by atoms with Crippen molar-refractivity contribution in [1.82, 2.24) is 0 Å². The molecule has 0 radical (unpaired) electrons. The molecule has 0 aliphatic heterocycles. The van der Waals surface area contributed by atoms with E-state index in [9.17, 15) is 4.39 Å². The first-order valence-electron chi connectivity index (χ1n) is 13.6. The quantitative estimate of drug-likeness (QED) is 0.224. The highest BCUT2D eigenvalue weighted by Crippen LogP contribution is 2.57. The molecule has 0 spiro atoms. The second kappa shape index (κ2) is 8.96. The lowest BCUT2D eigenvalue weighted by Crippen LogP contribution is -1.94. The number of unbranched alkanes of at least 4 members (excludes halogenated alkanes) is 1. The van der Waals surface area contributed by atoms with E-state index < -0.39 is 0 Å². The molecule has 0 amide bonds. The van der Waals surface area contributed by atoms with Gasteiger partial charge in [-0.25, -0.2) is 4.39 Å². The van der Waals surface area contributed by atoms with Crippen molar-refractivity contribution in [3.63, 3.8) is 0 Å². The maximum atomic E-state index is 14.0. The minimum Gasteiger partial charge on any atom is -0.207 e. The van der Waals surface area contributed by atoms with Crippen LogP contribution in [-0.2, 0) is 6.42 Å². The Morgan fingerprint density at radius 2 is 1.13 bits per heavy atom. The Labute approximate surface area is 223 Å². The number of rotatable bonds is 5. The Morgan fingerprint density at radius 3 is 1.76 bits per heavy atom. The summed E-state index contributed by atoms with van der Waals surface area (Å²) in [6.45, 7) is 4.44. The fourth-order valence-corrected chi connectivity index (χ4v) is 6.38. The standard InChI is InChI=1S/C37H29F/c1-3-4-8-24-14-16-25(17-15-24)33-29-9-5-6-10-30(29)34(26-18-20-27(38)21-19-26)36-31-12-7-11-28-23(2)13-22-32(35(28)31)37(33)36/h5-7,9-22H,3-4,8H2,1-2H3. The van der Waals surface area contributed by atoms with E-state index in [2.05, 4.69) is 92.7 Å². The van der Waals surface area contributed by atoms with Crippen molar-refractivity contribution in [2.75, 3.05) is 0 Å². The number of benzene rings is 6. The van der Waals surface area contributed by atoms with Gasteiger partial charge in [-0.2, -0.15) is 0 Å². The van der Waals surface area contributed by atoms with Gasteiger partial charge in [0, 0.05) is 0 Å². The fraction of sp³-hybridized carbons (Fsp3) is 0.135. The Balaban J connectivity index is 1.63. The van der Waals surface area contributed by atoms with Crippen LogP contribution in [0.15, 0.2) is 103 Å². The van der Waals surface area contributed by atoms with Crippen LogP contribution in [0.2, 0.25) is 0 Å². The van der Waals surface area contributed by atoms with E-state index in [0.29, 0.717) is 0 Å². The molecule has 0 heterocycles. The fourth-order valence-electron chi connectivity index (χ4n) is 6.38. The van der Waals surface area contributed by atoms with Crippen LogP contribution < -0.4 is 0 Å². The third kappa shape index (κ3) is 3.42. The van der Waals surface area contributed by atoms with Crippen LogP contribution in [0.1, 0.15) is 30.9 Å². The molecule has 0 fully saturated rings. The molecule has 1 heteroatoms. The molecule has 1 aliphatic carbocycles. The monoisotopic (exact) mass is 492 g/mol. The molecule has 1 aliphatic rings. The zero-order chi connectivity index (χ0) is 25.8. The van der Waals surface area contributed by atoms with E-state index in [1.54, 1.807) is 12.1 Å². The van der Waals surface area contributed by atoms with Gasteiger partial charge < -0.3 is 0 Å². The second-order valence-corrected chi connectivity index (χ2v) is 10.5. The molecule has 0 bridgehead atoms. The number of hydrogen-bond acceptors (Lipinski definition) is 0. The van der Waals surface area contributed by atoms with Crippen molar-refractivity contribution in [3.05, 3.63) is 120 Å². The van der Waals surface area contributed by atoms with Gasteiger partial charge in [-0.05, 0) is 109 Å². The molecule has 6 aromatic carbocycles. The van der Waals surface area contributed by atoms with E-state index >= 15 is 0 Å². The molecule has 0 saturated heterocycles. The summed E-state index contributed by atoms with van der Waals surface area (Å²) in [6.07, 6.45) is 3.52. The van der Waals surface area contributed by atoms with Crippen LogP contribution in [0.4, 0.5) is 4.39 Å². The molecule has 184 valence electrons. The predicted octanol–water partition coefficient (Wildman–Crippen LogP) is 10.8. The molecule has 0 saturated carbocycles. The van der Waals surface area contributed by atoms with Crippen molar-refractivity contribution < 1.29 is 4.39 Å². The lowest BCUT2D eigenvalue weighted by atomic mass is 9.82. The van der Waals surface area contributed by atoms with Crippen molar-refractivity contribution in [1.29, 1.82) is 0 Å². The molecule has 0 nitrogen and oxygen atoms in total. The summed E-state index contributed by atoms with van der Waals surface area (Å²) in [5, 5.41) is 5.05. The SMILES string of the molecule is CCCCc1ccc(-c2c3c(c(-c4ccc(F)cc4)c4ccccc24)-c2cccc4c(C)ccc-3c24)cc1. The van der Waals surface area contributed by atoms with E-state index in [4.69, 9.17) is 0 Å². The summed E-state index contributed by atoms with van der Waals surface area (Å²) in [5.41, 5.74) is 12.5. The Hall–Kier alpha value is -4.23. The van der Waals surface area contributed by atoms with Crippen molar-refractivity contribution in [2.45, 2.75) is 33.1 Å². The van der Waals surface area contributed by atoms with Gasteiger partial charge in [0.15, 0.2) is 0 Å². The van der Waals surface area contributed by atoms with Crippen molar-refractivity contribution >= 4 is 21.5 Å². The van der Waals surface area contributed by atoms with Gasteiger partial charge in [0.05, 0.1) is 0 Å². The first-order chi connectivity index (χ1) is 18.7. The van der Waals surface area contributed by atoms with Gasteiger partial charge in [0.1, 0.15) is 5.82 Å². The highest BCUT2D eigenvalue weighted by molar-refractivity contribution is 6.27. The molecule has 0 aromatic heterocycles. The topological polar surface area (TPSA) is 0 Å². The summed E-state index contributed by atoms with van der Waals surface area (Å²) in [4.78, 5) is 0. The average molecular weight is 493 g/mol. The normalized spacial score (nSPS) is 11.9. The van der Waals surface area contributed by atoms with Crippen LogP contribution in [0, 0.1) is 12.7 Å². The van der Waals surface area contributed by atoms with Gasteiger partial charge in [-0.15, -0.1) is 0 Å². The minimum absolute atomic E-state index is 0.213. The minimum atomic E-state index is -0.213. The van der Waals surface area contributed by atoms with Gasteiger partial charge in [0.25, 0.3) is 0 Å². The van der Waals surface area contributed by atoms with Crippen molar-refractivity contribution in [2.24, 2.45) is 0 Å². The summed E-state index contributed by atoms with van der Waals surface area (Å²) in [5.74, 6) is -0.213. The Morgan fingerprint density at radius 1 is 0.553 bits per heavy atom. The van der Waals surface area contributed by atoms with Gasteiger partial charge in [0.2, 0.25) is 0 Å². The first-order valence-corrected chi connectivity index (χ1v) is 13.6. The number of aryl methyl sites for hydroxylation is 2. The van der Waals surface area contributed by atoms with Gasteiger partial charge in [-0.3, -0.25) is 0 Å². The Kier molecular flexibility index (Phi) is 5.40. The predicted molar refractivity (Wildman–Crippen MR) is 160 cm³/mol. The Bertz CT molecular complexity index is 1840. The molecule has 38 heavy (non-hydrogen) atoms. The molecule has 0 atom stereocenters. The van der Waals surface area contributed by atoms with Crippen LogP contribution in [0.3, 0.4) is 0 Å². The molecule has 0 unspecified atom stereocenters. The molecule has 6 aromatic rings. The highest BCUT2D eigenvalue weighted by atomic mass is 19.1. The van der Waals surface area contributed by atoms with Crippen LogP contribution in [-0.4, -0.2) is 0 Å². The van der Waals surface area contributed by atoms with E-state index in [0.717, 1.165) is 12.0 Å². The zero-order valence-electron chi connectivity index (χ0n) is 21.8. The maximum absolute atomic E-state index is 14.0. The lowest BCUT2D eigenvalue weighted by Gasteiger charge is -2.20. The van der Waals surface area contributed by atoms with E-state index in [1.807, 2.05) is 12.1 Å².